The van der Waals surface area contributed by atoms with Crippen molar-refractivity contribution in [3.63, 3.8) is 0 Å². The Morgan fingerprint density at radius 3 is 2.17 bits per heavy atom. The molecule has 126 valence electrons. The Morgan fingerprint density at radius 1 is 1.04 bits per heavy atom. The van der Waals surface area contributed by atoms with Gasteiger partial charge < -0.3 is 4.90 Å². The van der Waals surface area contributed by atoms with Gasteiger partial charge in [0.15, 0.2) is 0 Å². The molecule has 0 spiro atoms. The Morgan fingerprint density at radius 2 is 1.62 bits per heavy atom. The highest BCUT2D eigenvalue weighted by molar-refractivity contribution is 9.10. The third-order valence-electron chi connectivity index (χ3n) is 4.21. The van der Waals surface area contributed by atoms with Crippen molar-refractivity contribution in [2.24, 2.45) is 0 Å². The number of alkyl halides is 3. The lowest BCUT2D eigenvalue weighted by atomic mass is 9.90. The number of hydrogen-bond acceptors (Lipinski definition) is 1. The highest BCUT2D eigenvalue weighted by Crippen LogP contribution is 2.32. The van der Waals surface area contributed by atoms with Gasteiger partial charge in [-0.05, 0) is 35.4 Å². The molecule has 1 fully saturated rings. The summed E-state index contributed by atoms with van der Waals surface area (Å²) in [4.78, 5) is 13.9. The first kappa shape index (κ1) is 17.0. The van der Waals surface area contributed by atoms with Crippen LogP contribution in [-0.4, -0.2) is 23.9 Å². The maximum absolute atomic E-state index is 12.6. The predicted octanol–water partition coefficient (Wildman–Crippen LogP) is 4.64. The fraction of sp³-hybridized carbons (Fsp3) is 0.278. The molecule has 0 unspecified atom stereocenters. The van der Waals surface area contributed by atoms with Crippen LogP contribution < -0.4 is 0 Å². The average molecular weight is 398 g/mol. The molecule has 1 saturated heterocycles. The molecule has 1 aliphatic rings. The van der Waals surface area contributed by atoms with E-state index in [1.165, 1.54) is 12.1 Å². The molecule has 0 aliphatic carbocycles. The molecular weight excluding hydrogens is 383 g/mol. The molecule has 24 heavy (non-hydrogen) atoms. The van der Waals surface area contributed by atoms with Crippen molar-refractivity contribution in [2.45, 2.75) is 18.5 Å². The van der Waals surface area contributed by atoms with Crippen LogP contribution in [0.4, 0.5) is 13.2 Å². The molecule has 2 nitrogen and oxygen atoms in total. The summed E-state index contributed by atoms with van der Waals surface area (Å²) < 4.78 is 38.6. The molecule has 0 radical (unpaired) electrons. The first-order valence-electron chi connectivity index (χ1n) is 7.52. The minimum absolute atomic E-state index is 0.0421. The van der Waals surface area contributed by atoms with Gasteiger partial charge in [0, 0.05) is 23.5 Å². The number of carbonyl (C=O) groups is 1. The van der Waals surface area contributed by atoms with Crippen LogP contribution in [0.2, 0.25) is 0 Å². The molecule has 0 N–H and O–H groups in total. The van der Waals surface area contributed by atoms with Crippen molar-refractivity contribution in [1.29, 1.82) is 0 Å². The number of carbonyl (C=O) groups excluding carboxylic acids is 1. The molecule has 1 amide bonds. The van der Waals surface area contributed by atoms with Gasteiger partial charge in [-0.15, -0.1) is 0 Å². The maximum Gasteiger partial charge on any atom is 0.416 e. The molecule has 0 saturated carbocycles. The number of benzene rings is 2. The summed E-state index contributed by atoms with van der Waals surface area (Å²) in [6.45, 7) is 1.11. The number of hydrogen-bond donors (Lipinski definition) is 0. The van der Waals surface area contributed by atoms with Gasteiger partial charge in [0.25, 0.3) is 0 Å². The fourth-order valence-corrected chi connectivity index (χ4v) is 2.99. The van der Waals surface area contributed by atoms with E-state index in [1.54, 1.807) is 4.90 Å². The number of amides is 1. The van der Waals surface area contributed by atoms with Gasteiger partial charge in [-0.2, -0.15) is 13.2 Å². The number of rotatable bonds is 3. The van der Waals surface area contributed by atoms with E-state index in [4.69, 9.17) is 0 Å². The van der Waals surface area contributed by atoms with E-state index in [2.05, 4.69) is 15.9 Å². The molecule has 3 rings (SSSR count). The highest BCUT2D eigenvalue weighted by Gasteiger charge is 2.33. The smallest absolute Gasteiger partial charge is 0.341 e. The van der Waals surface area contributed by atoms with E-state index in [0.29, 0.717) is 19.5 Å². The molecule has 6 heteroatoms. The Kier molecular flexibility index (Phi) is 4.67. The minimum atomic E-state index is -4.31. The lowest BCUT2D eigenvalue weighted by Gasteiger charge is -2.39. The van der Waals surface area contributed by atoms with Crippen molar-refractivity contribution >= 4 is 21.8 Å². The average Bonchev–Trinajstić information content (AvgIpc) is 2.48. The molecule has 0 bridgehead atoms. The van der Waals surface area contributed by atoms with Crippen LogP contribution in [0.1, 0.15) is 22.6 Å². The van der Waals surface area contributed by atoms with Gasteiger partial charge in [0.2, 0.25) is 5.91 Å². The van der Waals surface area contributed by atoms with E-state index in [0.717, 1.165) is 27.7 Å². The van der Waals surface area contributed by atoms with Crippen LogP contribution in [0.5, 0.6) is 0 Å². The summed E-state index contributed by atoms with van der Waals surface area (Å²) in [7, 11) is 0. The largest absolute Gasteiger partial charge is 0.416 e. The van der Waals surface area contributed by atoms with Crippen molar-refractivity contribution in [3.8, 4) is 0 Å². The standard InChI is InChI=1S/C18H15BrF3NO/c19-16-7-1-12(2-8-16)9-17(24)23-10-14(11-23)13-3-5-15(6-4-13)18(20,21)22/h1-8,14H,9-11H2. The molecule has 2 aromatic rings. The summed E-state index contributed by atoms with van der Waals surface area (Å²) in [5, 5.41) is 0. The van der Waals surface area contributed by atoms with Crippen LogP contribution in [0, 0.1) is 0 Å². The molecule has 2 aromatic carbocycles. The van der Waals surface area contributed by atoms with Gasteiger partial charge in [-0.1, -0.05) is 40.2 Å². The second kappa shape index (κ2) is 6.59. The molecular formula is C18H15BrF3NO. The Balaban J connectivity index is 1.55. The molecule has 0 aromatic heterocycles. The molecule has 0 atom stereocenters. The second-order valence-electron chi connectivity index (χ2n) is 5.92. The first-order chi connectivity index (χ1) is 11.3. The van der Waals surface area contributed by atoms with Crippen LogP contribution in [0.25, 0.3) is 0 Å². The van der Waals surface area contributed by atoms with E-state index in [9.17, 15) is 18.0 Å². The van der Waals surface area contributed by atoms with Crippen LogP contribution in [0.3, 0.4) is 0 Å². The second-order valence-corrected chi connectivity index (χ2v) is 6.83. The van der Waals surface area contributed by atoms with Crippen molar-refractivity contribution in [3.05, 3.63) is 69.7 Å². The Hall–Kier alpha value is -1.82. The summed E-state index contributed by atoms with van der Waals surface area (Å²) in [6, 6.07) is 12.8. The van der Waals surface area contributed by atoms with E-state index < -0.39 is 11.7 Å². The van der Waals surface area contributed by atoms with Crippen molar-refractivity contribution in [2.75, 3.05) is 13.1 Å². The van der Waals surface area contributed by atoms with Crippen molar-refractivity contribution in [1.82, 2.24) is 4.90 Å². The normalized spacial score (nSPS) is 15.2. The molecule has 1 heterocycles. The zero-order valence-corrected chi connectivity index (χ0v) is 14.3. The monoisotopic (exact) mass is 397 g/mol. The Bertz CT molecular complexity index is 719. The number of halogens is 4. The van der Waals surface area contributed by atoms with E-state index in [-0.39, 0.29) is 11.8 Å². The maximum atomic E-state index is 12.6. The van der Waals surface area contributed by atoms with E-state index >= 15 is 0 Å². The van der Waals surface area contributed by atoms with Crippen LogP contribution in [-0.2, 0) is 17.4 Å². The van der Waals surface area contributed by atoms with Gasteiger partial charge >= 0.3 is 6.18 Å². The number of likely N-dealkylation sites (tertiary alicyclic amines) is 1. The third kappa shape index (κ3) is 3.80. The summed E-state index contributed by atoms with van der Waals surface area (Å²) in [6.07, 6.45) is -3.97. The summed E-state index contributed by atoms with van der Waals surface area (Å²) >= 11 is 3.35. The third-order valence-corrected chi connectivity index (χ3v) is 4.74. The Labute approximate surface area is 146 Å². The summed E-state index contributed by atoms with van der Waals surface area (Å²) in [5.41, 5.74) is 1.14. The number of nitrogens with zero attached hydrogens (tertiary/aromatic N) is 1. The van der Waals surface area contributed by atoms with Crippen LogP contribution in [0.15, 0.2) is 53.0 Å². The quantitative estimate of drug-likeness (QED) is 0.738. The minimum Gasteiger partial charge on any atom is -0.341 e. The van der Waals surface area contributed by atoms with Gasteiger partial charge in [-0.25, -0.2) is 0 Å². The molecule has 1 aliphatic heterocycles. The topological polar surface area (TPSA) is 20.3 Å². The van der Waals surface area contributed by atoms with Crippen LogP contribution >= 0.6 is 15.9 Å². The zero-order valence-electron chi connectivity index (χ0n) is 12.7. The highest BCUT2D eigenvalue weighted by atomic mass is 79.9. The van der Waals surface area contributed by atoms with Gasteiger partial charge in [-0.3, -0.25) is 4.79 Å². The zero-order chi connectivity index (χ0) is 17.3. The first-order valence-corrected chi connectivity index (χ1v) is 8.31. The van der Waals surface area contributed by atoms with E-state index in [1.807, 2.05) is 24.3 Å². The van der Waals surface area contributed by atoms with Crippen molar-refractivity contribution < 1.29 is 18.0 Å². The predicted molar refractivity (Wildman–Crippen MR) is 88.6 cm³/mol. The summed E-state index contributed by atoms with van der Waals surface area (Å²) in [5.74, 6) is 0.154. The lowest BCUT2D eigenvalue weighted by molar-refractivity contribution is -0.137. The van der Waals surface area contributed by atoms with Gasteiger partial charge in [0.05, 0.1) is 12.0 Å². The lowest BCUT2D eigenvalue weighted by Crippen LogP contribution is -2.49. The van der Waals surface area contributed by atoms with Gasteiger partial charge in [0.1, 0.15) is 0 Å². The fourth-order valence-electron chi connectivity index (χ4n) is 2.73. The SMILES string of the molecule is O=C(Cc1ccc(Br)cc1)N1CC(c2ccc(C(F)(F)F)cc2)C1.